The summed E-state index contributed by atoms with van der Waals surface area (Å²) >= 11 is 0. The summed E-state index contributed by atoms with van der Waals surface area (Å²) in [6, 6.07) is 6.27. The average molecular weight is 383 g/mol. The summed E-state index contributed by atoms with van der Waals surface area (Å²) in [5.41, 5.74) is 12.1. The highest BCUT2D eigenvalue weighted by Gasteiger charge is 2.43. The molecule has 9 nitrogen and oxygen atoms in total. The Balaban J connectivity index is 1.53. The number of fused-ring (bicyclic) bond motifs is 1. The Hall–Kier alpha value is -3.36. The summed E-state index contributed by atoms with van der Waals surface area (Å²) in [6.45, 7) is 0.973. The highest BCUT2D eigenvalue weighted by molar-refractivity contribution is 6.04. The lowest BCUT2D eigenvalue weighted by Crippen LogP contribution is -2.37. The van der Waals surface area contributed by atoms with Crippen LogP contribution in [0.2, 0.25) is 0 Å². The van der Waals surface area contributed by atoms with E-state index in [0.29, 0.717) is 37.6 Å². The number of likely N-dealkylation sites (tertiary alicyclic amines) is 1. The molecule has 2 aromatic rings. The summed E-state index contributed by atoms with van der Waals surface area (Å²) < 4.78 is 6.13. The first-order valence-electron chi connectivity index (χ1n) is 9.11. The number of nitrogens with zero attached hydrogens (tertiary/aromatic N) is 3. The third-order valence-corrected chi connectivity index (χ3v) is 5.40. The molecule has 0 saturated carbocycles. The molecule has 0 aliphatic carbocycles. The standard InChI is InChI=1S/C19H21N5O4/c20-14-13-10-19(28-15(13)23-18(21)22-14)6-3-8-24(9-7-19)16(25)11-4-1-2-5-12(11)17(26)27/h1-2,4-5H,3,6-10H2,(H,26,27)(H4,20,21,22,23)/t19-/m1/s1. The van der Waals surface area contributed by atoms with Crippen LogP contribution in [0.4, 0.5) is 11.8 Å². The summed E-state index contributed by atoms with van der Waals surface area (Å²) in [5.74, 6) is -0.581. The molecule has 3 heterocycles. The van der Waals surface area contributed by atoms with Gasteiger partial charge in [-0.15, -0.1) is 0 Å². The predicted molar refractivity (Wildman–Crippen MR) is 101 cm³/mol. The highest BCUT2D eigenvalue weighted by atomic mass is 16.5. The third kappa shape index (κ3) is 3.08. The molecule has 9 heteroatoms. The minimum Gasteiger partial charge on any atom is -0.478 e. The molecule has 4 rings (SSSR count). The van der Waals surface area contributed by atoms with Crippen LogP contribution in [0.15, 0.2) is 24.3 Å². The molecule has 1 aromatic heterocycles. The van der Waals surface area contributed by atoms with Gasteiger partial charge in [-0.25, -0.2) is 4.79 Å². The lowest BCUT2D eigenvalue weighted by Gasteiger charge is -2.27. The summed E-state index contributed by atoms with van der Waals surface area (Å²) in [5, 5.41) is 9.36. The van der Waals surface area contributed by atoms with E-state index in [2.05, 4.69) is 9.97 Å². The number of nitrogen functional groups attached to an aromatic ring is 2. The normalized spacial score (nSPS) is 21.1. The first-order valence-corrected chi connectivity index (χ1v) is 9.11. The van der Waals surface area contributed by atoms with Crippen molar-refractivity contribution in [2.45, 2.75) is 31.3 Å². The maximum absolute atomic E-state index is 13.0. The van der Waals surface area contributed by atoms with Crippen molar-refractivity contribution < 1.29 is 19.4 Å². The quantitative estimate of drug-likeness (QED) is 0.704. The molecule has 1 atom stereocenters. The Morgan fingerprint density at radius 1 is 1.11 bits per heavy atom. The van der Waals surface area contributed by atoms with Gasteiger partial charge in [-0.05, 0) is 25.0 Å². The molecule has 5 N–H and O–H groups in total. The van der Waals surface area contributed by atoms with Crippen molar-refractivity contribution in [1.82, 2.24) is 14.9 Å². The van der Waals surface area contributed by atoms with E-state index in [1.54, 1.807) is 23.1 Å². The number of rotatable bonds is 2. The number of hydrogen-bond acceptors (Lipinski definition) is 7. The molecule has 1 saturated heterocycles. The Morgan fingerprint density at radius 2 is 1.86 bits per heavy atom. The monoisotopic (exact) mass is 383 g/mol. The zero-order chi connectivity index (χ0) is 19.9. The second-order valence-corrected chi connectivity index (χ2v) is 7.21. The number of carbonyl (C=O) groups excluding carboxylic acids is 1. The Labute approximate surface area is 161 Å². The van der Waals surface area contributed by atoms with Gasteiger partial charge in [-0.3, -0.25) is 4.79 Å². The number of carboxylic acids is 1. The molecule has 28 heavy (non-hydrogen) atoms. The summed E-state index contributed by atoms with van der Waals surface area (Å²) in [4.78, 5) is 34.2. The van der Waals surface area contributed by atoms with Crippen LogP contribution in [0.3, 0.4) is 0 Å². The first kappa shape index (κ1) is 18.0. The number of carbonyl (C=O) groups is 2. The molecule has 146 valence electrons. The number of anilines is 2. The van der Waals surface area contributed by atoms with Crippen LogP contribution in [-0.4, -0.2) is 50.5 Å². The SMILES string of the molecule is Nc1nc(N)c2c(n1)O[C@@]1(CCCN(C(=O)c3ccccc3C(=O)O)CC1)C2. The molecule has 2 aliphatic heterocycles. The molecule has 0 radical (unpaired) electrons. The van der Waals surface area contributed by atoms with Gasteiger partial charge in [0.05, 0.1) is 16.7 Å². The summed E-state index contributed by atoms with van der Waals surface area (Å²) in [6.07, 6.45) is 2.61. The fourth-order valence-corrected chi connectivity index (χ4v) is 3.99. The molecule has 1 aromatic carbocycles. The number of carboxylic acid groups (broad SMARTS) is 1. The van der Waals surface area contributed by atoms with Gasteiger partial charge in [-0.1, -0.05) is 12.1 Å². The molecular weight excluding hydrogens is 362 g/mol. The van der Waals surface area contributed by atoms with E-state index in [1.165, 1.54) is 6.07 Å². The smallest absolute Gasteiger partial charge is 0.336 e. The van der Waals surface area contributed by atoms with E-state index < -0.39 is 11.6 Å². The van der Waals surface area contributed by atoms with Crippen LogP contribution in [0.5, 0.6) is 5.88 Å². The van der Waals surface area contributed by atoms with Gasteiger partial charge in [0.15, 0.2) is 0 Å². The van der Waals surface area contributed by atoms with Gasteiger partial charge in [0.1, 0.15) is 11.4 Å². The second-order valence-electron chi connectivity index (χ2n) is 7.21. The minimum atomic E-state index is -1.11. The number of hydrogen-bond donors (Lipinski definition) is 3. The van der Waals surface area contributed by atoms with Crippen molar-refractivity contribution in [2.24, 2.45) is 0 Å². The summed E-state index contributed by atoms with van der Waals surface area (Å²) in [7, 11) is 0. The Morgan fingerprint density at radius 3 is 2.61 bits per heavy atom. The van der Waals surface area contributed by atoms with Gasteiger partial charge in [0.2, 0.25) is 11.8 Å². The molecular formula is C19H21N5O4. The van der Waals surface area contributed by atoms with Crippen molar-refractivity contribution >= 4 is 23.6 Å². The van der Waals surface area contributed by atoms with Crippen molar-refractivity contribution in [2.75, 3.05) is 24.6 Å². The lowest BCUT2D eigenvalue weighted by molar-refractivity contribution is 0.0638. The topological polar surface area (TPSA) is 145 Å². The van der Waals surface area contributed by atoms with Crippen LogP contribution in [-0.2, 0) is 6.42 Å². The molecule has 1 amide bonds. The van der Waals surface area contributed by atoms with Gasteiger partial charge in [0, 0.05) is 25.9 Å². The van der Waals surface area contributed by atoms with Crippen LogP contribution >= 0.6 is 0 Å². The molecule has 0 bridgehead atoms. The number of benzene rings is 1. The second kappa shape index (κ2) is 6.66. The fourth-order valence-electron chi connectivity index (χ4n) is 3.99. The van der Waals surface area contributed by atoms with Gasteiger partial charge in [0.25, 0.3) is 5.91 Å². The maximum atomic E-state index is 13.0. The lowest BCUT2D eigenvalue weighted by atomic mass is 9.90. The van der Waals surface area contributed by atoms with Crippen LogP contribution in [0.25, 0.3) is 0 Å². The zero-order valence-corrected chi connectivity index (χ0v) is 15.2. The van der Waals surface area contributed by atoms with Crippen LogP contribution in [0.1, 0.15) is 45.5 Å². The largest absolute Gasteiger partial charge is 0.478 e. The van der Waals surface area contributed by atoms with Gasteiger partial charge < -0.3 is 26.2 Å². The molecule has 2 aliphatic rings. The van der Waals surface area contributed by atoms with E-state index in [1.807, 2.05) is 0 Å². The fraction of sp³-hybridized carbons (Fsp3) is 0.368. The van der Waals surface area contributed by atoms with E-state index >= 15 is 0 Å². The maximum Gasteiger partial charge on any atom is 0.336 e. The average Bonchev–Trinajstić information content (AvgIpc) is 2.89. The van der Waals surface area contributed by atoms with E-state index in [-0.39, 0.29) is 23.0 Å². The van der Waals surface area contributed by atoms with Crippen molar-refractivity contribution in [1.29, 1.82) is 0 Å². The van der Waals surface area contributed by atoms with E-state index in [0.717, 1.165) is 18.4 Å². The van der Waals surface area contributed by atoms with Crippen molar-refractivity contribution in [3.05, 3.63) is 41.0 Å². The number of aromatic nitrogens is 2. The van der Waals surface area contributed by atoms with Crippen LogP contribution < -0.4 is 16.2 Å². The van der Waals surface area contributed by atoms with Crippen LogP contribution in [0, 0.1) is 0 Å². The number of nitrogens with two attached hydrogens (primary N) is 2. The van der Waals surface area contributed by atoms with E-state index in [4.69, 9.17) is 16.2 Å². The van der Waals surface area contributed by atoms with Gasteiger partial charge in [-0.2, -0.15) is 9.97 Å². The highest BCUT2D eigenvalue weighted by Crippen LogP contribution is 2.42. The number of ether oxygens (including phenoxy) is 1. The zero-order valence-electron chi connectivity index (χ0n) is 15.2. The molecule has 1 fully saturated rings. The number of aromatic carboxylic acids is 1. The third-order valence-electron chi connectivity index (χ3n) is 5.40. The number of amides is 1. The minimum absolute atomic E-state index is 0.00880. The Bertz CT molecular complexity index is 963. The molecule has 1 spiro atoms. The first-order chi connectivity index (χ1) is 13.4. The Kier molecular flexibility index (Phi) is 4.29. The molecule has 0 unspecified atom stereocenters. The van der Waals surface area contributed by atoms with Gasteiger partial charge >= 0.3 is 5.97 Å². The van der Waals surface area contributed by atoms with Crippen molar-refractivity contribution in [3.63, 3.8) is 0 Å². The van der Waals surface area contributed by atoms with Crippen molar-refractivity contribution in [3.8, 4) is 5.88 Å². The van der Waals surface area contributed by atoms with E-state index in [9.17, 15) is 14.7 Å². The predicted octanol–water partition coefficient (Wildman–Crippen LogP) is 1.34.